The Labute approximate surface area is 147 Å². The van der Waals surface area contributed by atoms with Crippen LogP contribution in [-0.2, 0) is 22.2 Å². The van der Waals surface area contributed by atoms with Crippen LogP contribution in [0.5, 0.6) is 0 Å². The molecule has 2 aromatic carbocycles. The van der Waals surface area contributed by atoms with E-state index in [1.54, 1.807) is 24.3 Å². The average molecular weight is 363 g/mol. The van der Waals surface area contributed by atoms with E-state index < -0.39 is 29.5 Å². The molecule has 0 bridgehead atoms. The van der Waals surface area contributed by atoms with Crippen LogP contribution < -0.4 is 5.32 Å². The number of benzene rings is 2. The first-order chi connectivity index (χ1) is 12.3. The third-order valence-electron chi connectivity index (χ3n) is 4.34. The first kappa shape index (κ1) is 18.0. The fourth-order valence-electron chi connectivity index (χ4n) is 3.08. The van der Waals surface area contributed by atoms with Crippen LogP contribution in [-0.4, -0.2) is 17.0 Å². The number of halogens is 3. The monoisotopic (exact) mass is 363 g/mol. The molecule has 4 nitrogen and oxygen atoms in total. The lowest BCUT2D eigenvalue weighted by molar-refractivity contribution is -0.138. The van der Waals surface area contributed by atoms with Crippen LogP contribution in [0, 0.1) is 5.92 Å². The number of alkyl halides is 3. The van der Waals surface area contributed by atoms with Gasteiger partial charge in [0.2, 0.25) is 5.91 Å². The van der Waals surface area contributed by atoms with E-state index in [1.807, 2.05) is 0 Å². The molecule has 2 atom stereocenters. The van der Waals surface area contributed by atoms with E-state index in [0.29, 0.717) is 17.7 Å². The summed E-state index contributed by atoms with van der Waals surface area (Å²) in [5.74, 6) is -2.34. The van der Waals surface area contributed by atoms with Crippen molar-refractivity contribution < 1.29 is 27.9 Å². The Morgan fingerprint density at radius 2 is 1.85 bits per heavy atom. The molecule has 1 fully saturated rings. The number of carbonyl (C=O) groups excluding carboxylic acids is 1. The first-order valence-electron chi connectivity index (χ1n) is 8.03. The Morgan fingerprint density at radius 3 is 2.54 bits per heavy atom. The maximum Gasteiger partial charge on any atom is 0.416 e. The van der Waals surface area contributed by atoms with Gasteiger partial charge in [0.25, 0.3) is 0 Å². The highest BCUT2D eigenvalue weighted by Gasteiger charge is 2.47. The van der Waals surface area contributed by atoms with Gasteiger partial charge in [-0.05, 0) is 41.7 Å². The molecule has 1 aliphatic rings. The van der Waals surface area contributed by atoms with Gasteiger partial charge in [0.1, 0.15) is 0 Å². The quantitative estimate of drug-likeness (QED) is 0.841. The van der Waals surface area contributed by atoms with Gasteiger partial charge in [0, 0.05) is 11.6 Å². The van der Waals surface area contributed by atoms with E-state index in [4.69, 9.17) is 5.11 Å². The Kier molecular flexibility index (Phi) is 4.71. The molecule has 26 heavy (non-hydrogen) atoms. The molecule has 0 saturated heterocycles. The smallest absolute Gasteiger partial charge is 0.416 e. The van der Waals surface area contributed by atoms with Crippen molar-refractivity contribution >= 4 is 17.6 Å². The number of hydrogen-bond acceptors (Lipinski definition) is 2. The molecule has 136 valence electrons. The number of rotatable bonds is 5. The second-order valence-corrected chi connectivity index (χ2v) is 6.29. The molecule has 1 aliphatic carbocycles. The first-order valence-corrected chi connectivity index (χ1v) is 8.03. The van der Waals surface area contributed by atoms with Crippen molar-refractivity contribution in [2.24, 2.45) is 5.92 Å². The second-order valence-electron chi connectivity index (χ2n) is 6.29. The Balaban J connectivity index is 1.70. The molecule has 0 spiro atoms. The lowest BCUT2D eigenvalue weighted by Gasteiger charge is -2.12. The van der Waals surface area contributed by atoms with Gasteiger partial charge in [0.15, 0.2) is 0 Å². The van der Waals surface area contributed by atoms with Crippen LogP contribution >= 0.6 is 0 Å². The van der Waals surface area contributed by atoms with Crippen LogP contribution in [0.25, 0.3) is 0 Å². The zero-order chi connectivity index (χ0) is 18.9. The molecule has 2 N–H and O–H groups in total. The predicted molar refractivity (Wildman–Crippen MR) is 88.7 cm³/mol. The molecule has 0 aliphatic heterocycles. The fraction of sp³-hybridized carbons (Fsp3) is 0.263. The highest BCUT2D eigenvalue weighted by molar-refractivity contribution is 5.95. The van der Waals surface area contributed by atoms with Gasteiger partial charge in [0.05, 0.1) is 12.0 Å². The lowest BCUT2D eigenvalue weighted by atomic mass is 10.0. The summed E-state index contributed by atoms with van der Waals surface area (Å²) in [7, 11) is 0. The van der Waals surface area contributed by atoms with Crippen molar-refractivity contribution in [2.45, 2.75) is 24.9 Å². The maximum absolute atomic E-state index is 13.1. The number of carbonyl (C=O) groups is 2. The predicted octanol–water partition coefficient (Wildman–Crippen LogP) is 4.07. The van der Waals surface area contributed by atoms with Crippen LogP contribution in [0.4, 0.5) is 18.9 Å². The number of amides is 1. The van der Waals surface area contributed by atoms with Crippen molar-refractivity contribution in [1.29, 1.82) is 0 Å². The summed E-state index contributed by atoms with van der Waals surface area (Å²) in [5.41, 5.74) is 0.400. The van der Waals surface area contributed by atoms with Gasteiger partial charge >= 0.3 is 12.1 Å². The van der Waals surface area contributed by atoms with Gasteiger partial charge in [-0.1, -0.05) is 30.3 Å². The van der Waals surface area contributed by atoms with Gasteiger partial charge in [-0.3, -0.25) is 9.59 Å². The van der Waals surface area contributed by atoms with Crippen LogP contribution in [0.15, 0.2) is 48.5 Å². The third-order valence-corrected chi connectivity index (χ3v) is 4.34. The van der Waals surface area contributed by atoms with E-state index in [0.717, 1.165) is 6.07 Å². The second kappa shape index (κ2) is 6.82. The van der Waals surface area contributed by atoms with Gasteiger partial charge in [-0.15, -0.1) is 0 Å². The van der Waals surface area contributed by atoms with Crippen molar-refractivity contribution in [2.75, 3.05) is 5.32 Å². The molecule has 7 heteroatoms. The Morgan fingerprint density at radius 1 is 1.12 bits per heavy atom. The largest absolute Gasteiger partial charge is 0.481 e. The zero-order valence-electron chi connectivity index (χ0n) is 13.6. The molecular weight excluding hydrogens is 347 g/mol. The fourth-order valence-corrected chi connectivity index (χ4v) is 3.08. The van der Waals surface area contributed by atoms with Crippen molar-refractivity contribution in [1.82, 2.24) is 0 Å². The minimum Gasteiger partial charge on any atom is -0.481 e. The van der Waals surface area contributed by atoms with Gasteiger partial charge in [-0.2, -0.15) is 13.2 Å². The summed E-state index contributed by atoms with van der Waals surface area (Å²) >= 11 is 0. The third kappa shape index (κ3) is 4.04. The molecule has 0 heterocycles. The van der Waals surface area contributed by atoms with E-state index in [-0.39, 0.29) is 17.9 Å². The molecule has 0 radical (unpaired) electrons. The van der Waals surface area contributed by atoms with Crippen LogP contribution in [0.3, 0.4) is 0 Å². The molecular formula is C19H16F3NO3. The van der Waals surface area contributed by atoms with E-state index in [1.165, 1.54) is 18.2 Å². The van der Waals surface area contributed by atoms with Crippen LogP contribution in [0.1, 0.15) is 29.0 Å². The molecule has 1 amide bonds. The number of carboxylic acids is 1. The highest BCUT2D eigenvalue weighted by atomic mass is 19.4. The van der Waals surface area contributed by atoms with E-state index in [9.17, 15) is 22.8 Å². The lowest BCUT2D eigenvalue weighted by Crippen LogP contribution is -2.16. The topological polar surface area (TPSA) is 66.4 Å². The SMILES string of the molecule is O=C(O)Cc1cccc(NC(=O)C2CC2c2ccccc2C(F)(F)F)c1. The number of aliphatic carboxylic acids is 1. The summed E-state index contributed by atoms with van der Waals surface area (Å²) < 4.78 is 39.3. The van der Waals surface area contributed by atoms with E-state index >= 15 is 0 Å². The molecule has 2 unspecified atom stereocenters. The Hall–Kier alpha value is -2.83. The van der Waals surface area contributed by atoms with Crippen molar-refractivity contribution in [3.8, 4) is 0 Å². The standard InChI is InChI=1S/C19H16F3NO3/c20-19(21,22)16-7-2-1-6-13(16)14-10-15(14)18(26)23-12-5-3-4-11(8-12)9-17(24)25/h1-8,14-15H,9-10H2,(H,23,26)(H,24,25). The zero-order valence-corrected chi connectivity index (χ0v) is 13.6. The van der Waals surface area contributed by atoms with Crippen LogP contribution in [0.2, 0.25) is 0 Å². The van der Waals surface area contributed by atoms with Gasteiger partial charge < -0.3 is 10.4 Å². The molecule has 2 aromatic rings. The number of hydrogen-bond donors (Lipinski definition) is 2. The molecule has 1 saturated carbocycles. The number of carboxylic acid groups (broad SMARTS) is 1. The molecule has 0 aromatic heterocycles. The van der Waals surface area contributed by atoms with E-state index in [2.05, 4.69) is 5.32 Å². The molecule has 3 rings (SSSR count). The summed E-state index contributed by atoms with van der Waals surface area (Å²) in [4.78, 5) is 23.1. The summed E-state index contributed by atoms with van der Waals surface area (Å²) in [6.07, 6.45) is -4.27. The number of anilines is 1. The van der Waals surface area contributed by atoms with Crippen molar-refractivity contribution in [3.63, 3.8) is 0 Å². The normalized spacial score (nSPS) is 19.0. The van der Waals surface area contributed by atoms with Crippen molar-refractivity contribution in [3.05, 3.63) is 65.2 Å². The summed E-state index contributed by atoms with van der Waals surface area (Å²) in [5, 5.41) is 11.5. The minimum absolute atomic E-state index is 0.139. The highest BCUT2D eigenvalue weighted by Crippen LogP contribution is 2.51. The summed E-state index contributed by atoms with van der Waals surface area (Å²) in [6, 6.07) is 11.7. The maximum atomic E-state index is 13.1. The Bertz CT molecular complexity index is 848. The summed E-state index contributed by atoms with van der Waals surface area (Å²) in [6.45, 7) is 0. The van der Waals surface area contributed by atoms with Gasteiger partial charge in [-0.25, -0.2) is 0 Å². The average Bonchev–Trinajstić information content (AvgIpc) is 3.34. The minimum atomic E-state index is -4.45. The number of nitrogens with one attached hydrogen (secondary N) is 1.